The maximum Gasteiger partial charge on any atom is 0.224 e. The lowest BCUT2D eigenvalue weighted by atomic mass is 10.4. The zero-order valence-electron chi connectivity index (χ0n) is 11.5. The average Bonchev–Trinajstić information content (AvgIpc) is 3.02. The largest absolute Gasteiger partial charge is 0.368 e. The number of hydrogen-bond donors (Lipinski definition) is 1. The summed E-state index contributed by atoms with van der Waals surface area (Å²) < 4.78 is 1.64. The molecule has 0 unspecified atom stereocenters. The van der Waals surface area contributed by atoms with E-state index in [1.165, 1.54) is 0 Å². The number of nitrogens with two attached hydrogens (primary N) is 1. The van der Waals surface area contributed by atoms with E-state index >= 15 is 0 Å². The molecule has 21 heavy (non-hydrogen) atoms. The maximum atomic E-state index is 5.78. The van der Waals surface area contributed by atoms with Crippen LogP contribution in [0.15, 0.2) is 43.1 Å². The van der Waals surface area contributed by atoms with E-state index in [4.69, 9.17) is 5.73 Å². The summed E-state index contributed by atoms with van der Waals surface area (Å²) in [5.74, 6) is 1.51. The van der Waals surface area contributed by atoms with Gasteiger partial charge in [-0.2, -0.15) is 15.1 Å². The third kappa shape index (κ3) is 2.94. The Bertz CT molecular complexity index is 710. The third-order valence-electron chi connectivity index (χ3n) is 2.86. The lowest BCUT2D eigenvalue weighted by molar-refractivity contribution is 0.821. The van der Waals surface area contributed by atoms with Crippen molar-refractivity contribution in [2.45, 2.75) is 6.54 Å². The second kappa shape index (κ2) is 5.53. The smallest absolute Gasteiger partial charge is 0.224 e. The van der Waals surface area contributed by atoms with Crippen LogP contribution >= 0.6 is 0 Å². The lowest BCUT2D eigenvalue weighted by Crippen LogP contribution is -2.20. The van der Waals surface area contributed by atoms with E-state index in [9.17, 15) is 0 Å². The number of rotatable bonds is 4. The van der Waals surface area contributed by atoms with E-state index in [1.54, 1.807) is 35.7 Å². The second-order valence-electron chi connectivity index (χ2n) is 4.45. The van der Waals surface area contributed by atoms with Crippen molar-refractivity contribution in [2.75, 3.05) is 17.7 Å². The van der Waals surface area contributed by atoms with Gasteiger partial charge in [0, 0.05) is 37.9 Å². The number of nitrogens with zero attached hydrogens (tertiary/aromatic N) is 7. The van der Waals surface area contributed by atoms with Crippen molar-refractivity contribution in [3.63, 3.8) is 0 Å². The van der Waals surface area contributed by atoms with Crippen molar-refractivity contribution < 1.29 is 0 Å². The first-order valence-corrected chi connectivity index (χ1v) is 6.33. The summed E-state index contributed by atoms with van der Waals surface area (Å²) in [7, 11) is 1.91. The fourth-order valence-electron chi connectivity index (χ4n) is 1.89. The van der Waals surface area contributed by atoms with Gasteiger partial charge in [0.1, 0.15) is 5.82 Å². The van der Waals surface area contributed by atoms with E-state index in [0.29, 0.717) is 18.2 Å². The molecular formula is C13H14N8. The molecule has 0 aliphatic heterocycles. The van der Waals surface area contributed by atoms with Gasteiger partial charge in [-0.05, 0) is 6.07 Å². The van der Waals surface area contributed by atoms with Gasteiger partial charge in [-0.1, -0.05) is 0 Å². The monoisotopic (exact) mass is 282 g/mol. The van der Waals surface area contributed by atoms with E-state index < -0.39 is 0 Å². The predicted molar refractivity (Wildman–Crippen MR) is 77.7 cm³/mol. The molecule has 0 bridgehead atoms. The molecule has 0 aliphatic rings. The molecule has 0 amide bonds. The summed E-state index contributed by atoms with van der Waals surface area (Å²) in [5, 5.41) is 4.14. The quantitative estimate of drug-likeness (QED) is 0.750. The first kappa shape index (κ1) is 13.0. The Balaban J connectivity index is 1.88. The Morgan fingerprint density at radius 2 is 2.14 bits per heavy atom. The molecule has 0 saturated carbocycles. The van der Waals surface area contributed by atoms with Gasteiger partial charge in [0.2, 0.25) is 5.95 Å². The fraction of sp³-hybridized carbons (Fsp3) is 0.154. The van der Waals surface area contributed by atoms with Gasteiger partial charge in [0.25, 0.3) is 0 Å². The number of anilines is 2. The Hall–Kier alpha value is -3.03. The highest BCUT2D eigenvalue weighted by Gasteiger charge is 2.09. The normalized spacial score (nSPS) is 10.5. The molecule has 0 atom stereocenters. The summed E-state index contributed by atoms with van der Waals surface area (Å²) in [6, 6.07) is 3.64. The third-order valence-corrected chi connectivity index (χ3v) is 2.86. The maximum absolute atomic E-state index is 5.78. The highest BCUT2D eigenvalue weighted by Crippen LogP contribution is 2.16. The Kier molecular flexibility index (Phi) is 3.42. The van der Waals surface area contributed by atoms with Crippen molar-refractivity contribution in [3.8, 4) is 5.82 Å². The molecule has 0 radical (unpaired) electrons. The summed E-state index contributed by atoms with van der Waals surface area (Å²) in [5.41, 5.74) is 6.62. The molecule has 3 aromatic rings. The van der Waals surface area contributed by atoms with Crippen LogP contribution in [-0.4, -0.2) is 36.8 Å². The van der Waals surface area contributed by atoms with Crippen LogP contribution in [0, 0.1) is 0 Å². The van der Waals surface area contributed by atoms with Crippen LogP contribution in [0.2, 0.25) is 0 Å². The first-order chi connectivity index (χ1) is 10.2. The van der Waals surface area contributed by atoms with Crippen LogP contribution in [0.3, 0.4) is 0 Å². The van der Waals surface area contributed by atoms with Crippen LogP contribution in [0.25, 0.3) is 5.82 Å². The van der Waals surface area contributed by atoms with Crippen molar-refractivity contribution in [1.29, 1.82) is 0 Å². The SMILES string of the molecule is CN(Cc1cnccn1)c1cc(-n2cccn2)nc(N)n1. The van der Waals surface area contributed by atoms with Crippen LogP contribution in [0.5, 0.6) is 0 Å². The second-order valence-corrected chi connectivity index (χ2v) is 4.45. The molecule has 0 saturated heterocycles. The standard InChI is InChI=1S/C13H14N8/c1-20(9-10-8-15-4-5-16-10)11-7-12(19-13(14)18-11)21-6-2-3-17-21/h2-8H,9H2,1H3,(H2,14,18,19). The average molecular weight is 282 g/mol. The molecule has 2 N–H and O–H groups in total. The van der Waals surface area contributed by atoms with Crippen LogP contribution in [-0.2, 0) is 6.54 Å². The van der Waals surface area contributed by atoms with E-state index in [0.717, 1.165) is 5.69 Å². The van der Waals surface area contributed by atoms with Gasteiger partial charge in [0.15, 0.2) is 5.82 Å². The minimum absolute atomic E-state index is 0.198. The first-order valence-electron chi connectivity index (χ1n) is 6.33. The minimum Gasteiger partial charge on any atom is -0.368 e. The van der Waals surface area contributed by atoms with Gasteiger partial charge in [-0.25, -0.2) is 4.68 Å². The van der Waals surface area contributed by atoms with Crippen molar-refractivity contribution in [1.82, 2.24) is 29.7 Å². The molecule has 3 aromatic heterocycles. The van der Waals surface area contributed by atoms with Crippen molar-refractivity contribution >= 4 is 11.8 Å². The predicted octanol–water partition coefficient (Wildman–Crippen LogP) is 0.671. The number of aromatic nitrogens is 6. The van der Waals surface area contributed by atoms with Gasteiger partial charge >= 0.3 is 0 Å². The van der Waals surface area contributed by atoms with Gasteiger partial charge < -0.3 is 10.6 Å². The summed E-state index contributed by atoms with van der Waals surface area (Å²) in [4.78, 5) is 18.6. The molecule has 106 valence electrons. The fourth-order valence-corrected chi connectivity index (χ4v) is 1.89. The number of nitrogen functional groups attached to an aromatic ring is 1. The lowest BCUT2D eigenvalue weighted by Gasteiger charge is -2.18. The zero-order valence-corrected chi connectivity index (χ0v) is 11.5. The number of hydrogen-bond acceptors (Lipinski definition) is 7. The molecule has 8 nitrogen and oxygen atoms in total. The Morgan fingerprint density at radius 1 is 1.24 bits per heavy atom. The summed E-state index contributed by atoms with van der Waals surface area (Å²) in [6.07, 6.45) is 8.50. The van der Waals surface area contributed by atoms with E-state index in [-0.39, 0.29) is 5.95 Å². The van der Waals surface area contributed by atoms with Gasteiger partial charge in [-0.15, -0.1) is 0 Å². The highest BCUT2D eigenvalue weighted by molar-refractivity contribution is 5.47. The topological polar surface area (TPSA) is 98.6 Å². The van der Waals surface area contributed by atoms with Crippen LogP contribution < -0.4 is 10.6 Å². The molecule has 3 rings (SSSR count). The molecule has 0 fully saturated rings. The van der Waals surface area contributed by atoms with Crippen LogP contribution in [0.4, 0.5) is 11.8 Å². The van der Waals surface area contributed by atoms with Crippen LogP contribution in [0.1, 0.15) is 5.69 Å². The highest BCUT2D eigenvalue weighted by atomic mass is 15.3. The molecule has 0 spiro atoms. The zero-order chi connectivity index (χ0) is 14.7. The van der Waals surface area contributed by atoms with Crippen molar-refractivity contribution in [2.24, 2.45) is 0 Å². The van der Waals surface area contributed by atoms with Gasteiger partial charge in [0.05, 0.1) is 18.4 Å². The molecule has 0 aliphatic carbocycles. The molecule has 3 heterocycles. The summed E-state index contributed by atoms with van der Waals surface area (Å²) in [6.45, 7) is 0.572. The van der Waals surface area contributed by atoms with Crippen molar-refractivity contribution in [3.05, 3.63) is 48.8 Å². The Morgan fingerprint density at radius 3 is 2.86 bits per heavy atom. The molecule has 8 heteroatoms. The molecular weight excluding hydrogens is 268 g/mol. The summed E-state index contributed by atoms with van der Waals surface area (Å²) >= 11 is 0. The van der Waals surface area contributed by atoms with E-state index in [1.807, 2.05) is 24.1 Å². The minimum atomic E-state index is 0.198. The van der Waals surface area contributed by atoms with E-state index in [2.05, 4.69) is 25.0 Å². The molecule has 0 aromatic carbocycles. The van der Waals surface area contributed by atoms with Gasteiger partial charge in [-0.3, -0.25) is 9.97 Å². The Labute approximate surface area is 121 Å².